The van der Waals surface area contributed by atoms with Crippen LogP contribution in [0.5, 0.6) is 5.88 Å². The SMILES string of the molecule is COc1nccc(Cl)c1C(C)(C)C1(N)CC1. The second kappa shape index (κ2) is 3.60. The van der Waals surface area contributed by atoms with Gasteiger partial charge in [-0.1, -0.05) is 25.4 Å². The van der Waals surface area contributed by atoms with Gasteiger partial charge >= 0.3 is 0 Å². The van der Waals surface area contributed by atoms with E-state index in [2.05, 4.69) is 18.8 Å². The topological polar surface area (TPSA) is 48.1 Å². The van der Waals surface area contributed by atoms with E-state index in [1.165, 1.54) is 0 Å². The Balaban J connectivity index is 2.54. The molecule has 88 valence electrons. The van der Waals surface area contributed by atoms with Crippen LogP contribution in [0.4, 0.5) is 0 Å². The molecule has 1 fully saturated rings. The smallest absolute Gasteiger partial charge is 0.218 e. The molecule has 16 heavy (non-hydrogen) atoms. The lowest BCUT2D eigenvalue weighted by molar-refractivity contribution is 0.344. The molecular weight excluding hydrogens is 224 g/mol. The lowest BCUT2D eigenvalue weighted by Crippen LogP contribution is -2.43. The van der Waals surface area contributed by atoms with Gasteiger partial charge in [-0.3, -0.25) is 0 Å². The highest BCUT2D eigenvalue weighted by Gasteiger charge is 2.53. The molecule has 0 saturated heterocycles. The quantitative estimate of drug-likeness (QED) is 0.883. The largest absolute Gasteiger partial charge is 0.481 e. The molecule has 1 heterocycles. The molecule has 0 radical (unpaired) electrons. The minimum atomic E-state index is -0.219. The molecule has 0 unspecified atom stereocenters. The van der Waals surface area contributed by atoms with Gasteiger partial charge in [-0.05, 0) is 18.9 Å². The fourth-order valence-electron chi connectivity index (χ4n) is 2.15. The lowest BCUT2D eigenvalue weighted by atomic mass is 9.76. The van der Waals surface area contributed by atoms with E-state index in [0.717, 1.165) is 18.4 Å². The Morgan fingerprint density at radius 2 is 2.12 bits per heavy atom. The molecule has 0 aromatic carbocycles. The van der Waals surface area contributed by atoms with Crippen molar-refractivity contribution in [2.75, 3.05) is 7.11 Å². The van der Waals surface area contributed by atoms with E-state index in [4.69, 9.17) is 22.1 Å². The first-order chi connectivity index (χ1) is 7.42. The van der Waals surface area contributed by atoms with E-state index >= 15 is 0 Å². The molecule has 2 rings (SSSR count). The van der Waals surface area contributed by atoms with Gasteiger partial charge in [-0.2, -0.15) is 0 Å². The molecule has 3 nitrogen and oxygen atoms in total. The average molecular weight is 241 g/mol. The fraction of sp³-hybridized carbons (Fsp3) is 0.583. The summed E-state index contributed by atoms with van der Waals surface area (Å²) < 4.78 is 5.28. The molecule has 1 aromatic heterocycles. The molecule has 2 N–H and O–H groups in total. The zero-order valence-corrected chi connectivity index (χ0v) is 10.6. The summed E-state index contributed by atoms with van der Waals surface area (Å²) in [6.45, 7) is 4.21. The molecule has 0 atom stereocenters. The number of ether oxygens (including phenoxy) is 1. The molecule has 1 saturated carbocycles. The Morgan fingerprint density at radius 3 is 2.62 bits per heavy atom. The van der Waals surface area contributed by atoms with Gasteiger partial charge in [-0.15, -0.1) is 0 Å². The van der Waals surface area contributed by atoms with Gasteiger partial charge in [0.25, 0.3) is 0 Å². The van der Waals surface area contributed by atoms with Gasteiger partial charge in [0.1, 0.15) is 0 Å². The number of nitrogens with zero attached hydrogens (tertiary/aromatic N) is 1. The van der Waals surface area contributed by atoms with E-state index in [0.29, 0.717) is 10.9 Å². The summed E-state index contributed by atoms with van der Waals surface area (Å²) >= 11 is 6.25. The van der Waals surface area contributed by atoms with E-state index in [9.17, 15) is 0 Å². The second-order valence-corrected chi connectivity index (χ2v) is 5.37. The minimum absolute atomic E-state index is 0.174. The molecule has 1 aliphatic carbocycles. The van der Waals surface area contributed by atoms with E-state index in [-0.39, 0.29) is 11.0 Å². The van der Waals surface area contributed by atoms with Crippen LogP contribution in [-0.2, 0) is 5.41 Å². The van der Waals surface area contributed by atoms with Crippen LogP contribution in [0.1, 0.15) is 32.3 Å². The summed E-state index contributed by atoms with van der Waals surface area (Å²) in [5, 5.41) is 0.675. The van der Waals surface area contributed by atoms with Crippen molar-refractivity contribution in [1.82, 2.24) is 4.98 Å². The number of hydrogen-bond donors (Lipinski definition) is 1. The molecule has 0 bridgehead atoms. The van der Waals surface area contributed by atoms with Gasteiger partial charge in [-0.25, -0.2) is 4.98 Å². The summed E-state index contributed by atoms with van der Waals surface area (Å²) in [4.78, 5) is 4.20. The zero-order chi connectivity index (χ0) is 12.0. The summed E-state index contributed by atoms with van der Waals surface area (Å²) in [7, 11) is 1.61. The Hall–Kier alpha value is -0.800. The van der Waals surface area contributed by atoms with Crippen molar-refractivity contribution >= 4 is 11.6 Å². The van der Waals surface area contributed by atoms with Crippen molar-refractivity contribution in [1.29, 1.82) is 0 Å². The van der Waals surface area contributed by atoms with Gasteiger partial charge < -0.3 is 10.5 Å². The highest BCUT2D eigenvalue weighted by atomic mass is 35.5. The Bertz CT molecular complexity index is 413. The number of pyridine rings is 1. The minimum Gasteiger partial charge on any atom is -0.481 e. The van der Waals surface area contributed by atoms with Gasteiger partial charge in [0, 0.05) is 22.7 Å². The number of aromatic nitrogens is 1. The van der Waals surface area contributed by atoms with Crippen molar-refractivity contribution in [2.45, 2.75) is 37.6 Å². The van der Waals surface area contributed by atoms with Crippen LogP contribution in [0.3, 0.4) is 0 Å². The molecule has 1 aromatic rings. The monoisotopic (exact) mass is 240 g/mol. The number of rotatable bonds is 3. The molecular formula is C12H17ClN2O. The normalized spacial score (nSPS) is 18.3. The van der Waals surface area contributed by atoms with Gasteiger partial charge in [0.15, 0.2) is 0 Å². The van der Waals surface area contributed by atoms with Crippen LogP contribution in [0.25, 0.3) is 0 Å². The van der Waals surface area contributed by atoms with Crippen LogP contribution < -0.4 is 10.5 Å². The third-order valence-corrected chi connectivity index (χ3v) is 4.03. The molecule has 0 amide bonds. The lowest BCUT2D eigenvalue weighted by Gasteiger charge is -2.33. The van der Waals surface area contributed by atoms with Crippen LogP contribution in [0.15, 0.2) is 12.3 Å². The maximum absolute atomic E-state index is 6.31. The molecule has 0 aliphatic heterocycles. The Kier molecular flexibility index (Phi) is 2.63. The first-order valence-corrected chi connectivity index (χ1v) is 5.78. The molecule has 4 heteroatoms. The van der Waals surface area contributed by atoms with Crippen LogP contribution >= 0.6 is 11.6 Å². The van der Waals surface area contributed by atoms with Crippen LogP contribution in [0, 0.1) is 0 Å². The third-order valence-electron chi connectivity index (χ3n) is 3.72. The highest BCUT2D eigenvalue weighted by molar-refractivity contribution is 6.31. The predicted octanol–water partition coefficient (Wildman–Crippen LogP) is 2.51. The number of hydrogen-bond acceptors (Lipinski definition) is 3. The zero-order valence-electron chi connectivity index (χ0n) is 9.88. The van der Waals surface area contributed by atoms with Crippen LogP contribution in [0.2, 0.25) is 5.02 Å². The average Bonchev–Trinajstić information content (AvgIpc) is 2.97. The molecule has 1 aliphatic rings. The van der Waals surface area contributed by atoms with Crippen molar-refractivity contribution in [3.8, 4) is 5.88 Å². The Labute approximate surface area is 101 Å². The summed E-state index contributed by atoms with van der Waals surface area (Å²) in [5.74, 6) is 0.578. The van der Waals surface area contributed by atoms with Gasteiger partial charge in [0.2, 0.25) is 5.88 Å². The first kappa shape index (κ1) is 11.7. The number of nitrogens with two attached hydrogens (primary N) is 1. The van der Waals surface area contributed by atoms with E-state index in [1.807, 2.05) is 0 Å². The third kappa shape index (κ3) is 1.59. The summed E-state index contributed by atoms with van der Waals surface area (Å²) in [6, 6.07) is 1.78. The standard InChI is InChI=1S/C12H17ClN2O/c1-11(2,12(14)5-6-12)9-8(13)4-7-15-10(9)16-3/h4,7H,5-6,14H2,1-3H3. The fourth-order valence-corrected chi connectivity index (χ4v) is 2.52. The van der Waals surface area contributed by atoms with Crippen LogP contribution in [-0.4, -0.2) is 17.6 Å². The number of halogens is 1. The predicted molar refractivity (Wildman–Crippen MR) is 65.0 cm³/mol. The van der Waals surface area contributed by atoms with Crippen molar-refractivity contribution in [3.63, 3.8) is 0 Å². The number of methoxy groups -OCH3 is 1. The van der Waals surface area contributed by atoms with Crippen molar-refractivity contribution < 1.29 is 4.74 Å². The van der Waals surface area contributed by atoms with E-state index < -0.39 is 0 Å². The highest BCUT2D eigenvalue weighted by Crippen LogP contribution is 2.52. The molecule has 0 spiro atoms. The van der Waals surface area contributed by atoms with Crippen molar-refractivity contribution in [2.24, 2.45) is 5.73 Å². The van der Waals surface area contributed by atoms with Gasteiger partial charge in [0.05, 0.1) is 12.1 Å². The maximum atomic E-state index is 6.31. The first-order valence-electron chi connectivity index (χ1n) is 5.40. The summed E-state index contributed by atoms with van der Waals surface area (Å²) in [5.41, 5.74) is 6.83. The maximum Gasteiger partial charge on any atom is 0.218 e. The van der Waals surface area contributed by atoms with Crippen molar-refractivity contribution in [3.05, 3.63) is 22.8 Å². The van der Waals surface area contributed by atoms with E-state index in [1.54, 1.807) is 19.4 Å². The second-order valence-electron chi connectivity index (χ2n) is 4.96. The Morgan fingerprint density at radius 1 is 1.50 bits per heavy atom. The summed E-state index contributed by atoms with van der Waals surface area (Å²) in [6.07, 6.45) is 3.69.